The third kappa shape index (κ3) is 4.22. The van der Waals surface area contributed by atoms with Crippen molar-refractivity contribution < 1.29 is 17.6 Å². The van der Waals surface area contributed by atoms with E-state index in [1.165, 1.54) is 36.4 Å². The van der Waals surface area contributed by atoms with E-state index < -0.39 is 0 Å². The Labute approximate surface area is 228 Å². The van der Waals surface area contributed by atoms with Crippen LogP contribution in [-0.4, -0.2) is 4.98 Å². The van der Waals surface area contributed by atoms with E-state index in [4.69, 9.17) is 9.40 Å². The molecule has 7 aromatic rings. The van der Waals surface area contributed by atoms with Gasteiger partial charge in [-0.1, -0.05) is 54.6 Å². The molecule has 0 aliphatic heterocycles. The van der Waals surface area contributed by atoms with Gasteiger partial charge in [-0.25, -0.2) is 18.2 Å². The van der Waals surface area contributed by atoms with Crippen molar-refractivity contribution in [1.82, 2.24) is 4.98 Å². The zero-order valence-corrected chi connectivity index (χ0v) is 21.0. The highest BCUT2D eigenvalue weighted by atomic mass is 19.1. The van der Waals surface area contributed by atoms with E-state index in [9.17, 15) is 13.2 Å². The number of fused-ring (bicyclic) bond motifs is 3. The largest absolute Gasteiger partial charge is 0.455 e. The van der Waals surface area contributed by atoms with Gasteiger partial charge in [0.1, 0.15) is 28.8 Å². The number of halogens is 3. The molecule has 0 aliphatic carbocycles. The number of nitrogens with zero attached hydrogens (tertiary/aromatic N) is 1. The van der Waals surface area contributed by atoms with Crippen molar-refractivity contribution in [2.45, 2.75) is 0 Å². The number of hydrogen-bond acceptors (Lipinski definition) is 2. The lowest BCUT2D eigenvalue weighted by molar-refractivity contribution is 0.627. The minimum atomic E-state index is -0.344. The molecule has 2 heterocycles. The SMILES string of the molecule is Fc1ccc(-c2cc(-c3ccc(F)cc3)c3nc(-c4ccc(F)cc4)c4cc(-c5ccccc5)oc4c3c2)cc1. The first kappa shape index (κ1) is 23.9. The van der Waals surface area contributed by atoms with E-state index in [0.29, 0.717) is 22.6 Å². The van der Waals surface area contributed by atoms with Crippen molar-refractivity contribution in [1.29, 1.82) is 0 Å². The Morgan fingerprint density at radius 3 is 1.68 bits per heavy atom. The Bertz CT molecular complexity index is 1990. The molecule has 2 nitrogen and oxygen atoms in total. The zero-order valence-electron chi connectivity index (χ0n) is 21.0. The van der Waals surface area contributed by atoms with Crippen LogP contribution in [0.3, 0.4) is 0 Å². The number of furan rings is 1. The molecule has 0 bridgehead atoms. The van der Waals surface area contributed by atoms with Crippen molar-refractivity contribution in [3.05, 3.63) is 139 Å². The van der Waals surface area contributed by atoms with Gasteiger partial charge in [0.05, 0.1) is 11.2 Å². The molecule has 0 saturated carbocycles. The molecule has 0 atom stereocenters. The van der Waals surface area contributed by atoms with Gasteiger partial charge in [-0.15, -0.1) is 0 Å². The summed E-state index contributed by atoms with van der Waals surface area (Å²) in [4.78, 5) is 5.12. The highest BCUT2D eigenvalue weighted by Crippen LogP contribution is 2.42. The van der Waals surface area contributed by atoms with Crippen LogP contribution in [0.4, 0.5) is 13.2 Å². The standard InChI is InChI=1S/C35H20F3NO/c36-26-12-6-21(7-13-26)25-18-29(22-8-14-27(37)15-9-22)34-30(19-25)35-31(20-32(40-35)23-4-2-1-3-5-23)33(39-34)24-10-16-28(38)17-11-24/h1-20H. The lowest BCUT2D eigenvalue weighted by atomic mass is 9.94. The summed E-state index contributed by atoms with van der Waals surface area (Å²) in [6.07, 6.45) is 0. The van der Waals surface area contributed by atoms with Gasteiger partial charge in [0.25, 0.3) is 0 Å². The second-order valence-electron chi connectivity index (χ2n) is 9.62. The summed E-state index contributed by atoms with van der Waals surface area (Å²) in [7, 11) is 0. The zero-order chi connectivity index (χ0) is 27.2. The Hall–Kier alpha value is -5.16. The molecular weight excluding hydrogens is 507 g/mol. The number of aromatic nitrogens is 1. The van der Waals surface area contributed by atoms with Crippen LogP contribution in [0.1, 0.15) is 0 Å². The Balaban J connectivity index is 1.60. The molecule has 0 amide bonds. The molecule has 0 spiro atoms. The molecule has 5 heteroatoms. The third-order valence-corrected chi connectivity index (χ3v) is 7.07. The van der Waals surface area contributed by atoms with Gasteiger partial charge in [0.15, 0.2) is 0 Å². The van der Waals surface area contributed by atoms with Crippen molar-refractivity contribution in [3.8, 4) is 44.8 Å². The van der Waals surface area contributed by atoms with Crippen LogP contribution in [0.25, 0.3) is 66.7 Å². The molecule has 5 aromatic carbocycles. The molecule has 7 rings (SSSR count). The highest BCUT2D eigenvalue weighted by molar-refractivity contribution is 6.14. The average Bonchev–Trinajstić information content (AvgIpc) is 3.44. The predicted molar refractivity (Wildman–Crippen MR) is 153 cm³/mol. The molecule has 0 unspecified atom stereocenters. The molecular formula is C35H20F3NO. The van der Waals surface area contributed by atoms with Crippen LogP contribution in [0, 0.1) is 17.5 Å². The lowest BCUT2D eigenvalue weighted by Gasteiger charge is -2.13. The normalized spacial score (nSPS) is 11.4. The molecule has 0 fully saturated rings. The van der Waals surface area contributed by atoms with Gasteiger partial charge in [0, 0.05) is 27.5 Å². The molecule has 0 aliphatic rings. The van der Waals surface area contributed by atoms with E-state index in [1.807, 2.05) is 48.5 Å². The molecule has 40 heavy (non-hydrogen) atoms. The topological polar surface area (TPSA) is 26.0 Å². The number of pyridine rings is 1. The minimum absolute atomic E-state index is 0.324. The van der Waals surface area contributed by atoms with E-state index in [2.05, 4.69) is 0 Å². The fraction of sp³-hybridized carbons (Fsp3) is 0. The first-order valence-electron chi connectivity index (χ1n) is 12.8. The summed E-state index contributed by atoms with van der Waals surface area (Å²) >= 11 is 0. The van der Waals surface area contributed by atoms with Gasteiger partial charge in [-0.2, -0.15) is 0 Å². The van der Waals surface area contributed by atoms with Crippen LogP contribution in [0.2, 0.25) is 0 Å². The monoisotopic (exact) mass is 527 g/mol. The Kier molecular flexibility index (Phi) is 5.71. The first-order valence-corrected chi connectivity index (χ1v) is 12.8. The second-order valence-corrected chi connectivity index (χ2v) is 9.62. The number of rotatable bonds is 4. The van der Waals surface area contributed by atoms with E-state index in [1.54, 1.807) is 36.4 Å². The van der Waals surface area contributed by atoms with Crippen molar-refractivity contribution >= 4 is 21.9 Å². The Morgan fingerprint density at radius 1 is 0.475 bits per heavy atom. The molecule has 0 N–H and O–H groups in total. The quantitative estimate of drug-likeness (QED) is 0.228. The van der Waals surface area contributed by atoms with Gasteiger partial charge < -0.3 is 4.42 Å². The van der Waals surface area contributed by atoms with Gasteiger partial charge >= 0.3 is 0 Å². The van der Waals surface area contributed by atoms with E-state index >= 15 is 0 Å². The van der Waals surface area contributed by atoms with Crippen LogP contribution in [-0.2, 0) is 0 Å². The summed E-state index contributed by atoms with van der Waals surface area (Å²) in [5.41, 5.74) is 6.74. The van der Waals surface area contributed by atoms with Crippen molar-refractivity contribution in [2.24, 2.45) is 0 Å². The van der Waals surface area contributed by atoms with E-state index in [-0.39, 0.29) is 17.5 Å². The van der Waals surface area contributed by atoms with Crippen molar-refractivity contribution in [3.63, 3.8) is 0 Å². The molecule has 0 saturated heterocycles. The van der Waals surface area contributed by atoms with Crippen molar-refractivity contribution in [2.75, 3.05) is 0 Å². The van der Waals surface area contributed by atoms with Crippen LogP contribution < -0.4 is 0 Å². The minimum Gasteiger partial charge on any atom is -0.455 e. The Morgan fingerprint density at radius 2 is 1.05 bits per heavy atom. The molecule has 0 radical (unpaired) electrons. The fourth-order valence-corrected chi connectivity index (χ4v) is 5.10. The number of benzene rings is 5. The summed E-state index contributed by atoms with van der Waals surface area (Å²) < 4.78 is 48.0. The van der Waals surface area contributed by atoms with Gasteiger partial charge in [0.2, 0.25) is 0 Å². The third-order valence-electron chi connectivity index (χ3n) is 7.07. The fourth-order valence-electron chi connectivity index (χ4n) is 5.10. The molecule has 192 valence electrons. The maximum absolute atomic E-state index is 13.9. The molecule has 2 aromatic heterocycles. The second kappa shape index (κ2) is 9.54. The summed E-state index contributed by atoms with van der Waals surface area (Å²) in [5.74, 6) is -0.337. The smallest absolute Gasteiger partial charge is 0.146 e. The first-order chi connectivity index (χ1) is 19.5. The lowest BCUT2D eigenvalue weighted by Crippen LogP contribution is -1.93. The maximum atomic E-state index is 13.9. The highest BCUT2D eigenvalue weighted by Gasteiger charge is 2.20. The van der Waals surface area contributed by atoms with Gasteiger partial charge in [-0.05, 0) is 83.4 Å². The average molecular weight is 528 g/mol. The van der Waals surface area contributed by atoms with Crippen LogP contribution in [0.15, 0.2) is 126 Å². The predicted octanol–water partition coefficient (Wildman–Crippen LogP) is 10.1. The maximum Gasteiger partial charge on any atom is 0.146 e. The summed E-state index contributed by atoms with van der Waals surface area (Å²) in [6, 6.07) is 34.4. The summed E-state index contributed by atoms with van der Waals surface area (Å²) in [6.45, 7) is 0. The van der Waals surface area contributed by atoms with Crippen LogP contribution in [0.5, 0.6) is 0 Å². The van der Waals surface area contributed by atoms with E-state index in [0.717, 1.165) is 44.2 Å². The van der Waals surface area contributed by atoms with Gasteiger partial charge in [-0.3, -0.25) is 0 Å². The number of hydrogen-bond donors (Lipinski definition) is 0. The van der Waals surface area contributed by atoms with Crippen LogP contribution >= 0.6 is 0 Å². The summed E-state index contributed by atoms with van der Waals surface area (Å²) in [5, 5.41) is 1.53.